The van der Waals surface area contributed by atoms with E-state index in [0.717, 1.165) is 126 Å². The van der Waals surface area contributed by atoms with E-state index in [1.54, 1.807) is 24.3 Å². The lowest BCUT2D eigenvalue weighted by Gasteiger charge is -2.24. The Bertz CT molecular complexity index is 4280. The van der Waals surface area contributed by atoms with Crippen molar-refractivity contribution in [2.75, 3.05) is 0 Å². The summed E-state index contributed by atoms with van der Waals surface area (Å²) >= 11 is 0. The molecule has 0 atom stereocenters. The smallest absolute Gasteiger partial charge is 0.207 e. The first-order chi connectivity index (χ1) is 34.2. The van der Waals surface area contributed by atoms with Crippen LogP contribution in [-0.2, 0) is 12.6 Å². The van der Waals surface area contributed by atoms with Crippen LogP contribution in [0.15, 0.2) is 200 Å². The van der Waals surface area contributed by atoms with Gasteiger partial charge in [0.2, 0.25) is 0 Å². The van der Waals surface area contributed by atoms with E-state index in [-0.39, 0.29) is 5.82 Å². The second kappa shape index (κ2) is 14.9. The Balaban J connectivity index is 1.09. The van der Waals surface area contributed by atoms with Crippen molar-refractivity contribution in [3.63, 3.8) is 0 Å². The molecule has 70 heavy (non-hydrogen) atoms. The topological polar surface area (TPSA) is 0 Å². The van der Waals surface area contributed by atoms with Gasteiger partial charge in [0, 0.05) is 0 Å². The SMILES string of the molecule is C=c1c2ccc3c1c(c1ccc4c5c(ccc3c15)-c1c-4c(-c3ccc(F)cc3)c3ccccc3c1-c1ccccc1)/C=C\Cc1c-2c(-c2ccccc2)c2ccccc2c1-c1ccc(C(F)(F)F)cc1. The maximum Gasteiger partial charge on any atom is 0.416 e. The van der Waals surface area contributed by atoms with Crippen LogP contribution >= 0.6 is 0 Å². The zero-order chi connectivity index (χ0) is 47.0. The maximum atomic E-state index is 14.7. The average molecular weight is 907 g/mol. The number of fused-ring (bicyclic) bond motifs is 10. The van der Waals surface area contributed by atoms with Crippen molar-refractivity contribution < 1.29 is 17.6 Å². The molecule has 0 aliphatic heterocycles. The third-order valence-electron chi connectivity index (χ3n) is 15.0. The zero-order valence-electron chi connectivity index (χ0n) is 37.6. The van der Waals surface area contributed by atoms with Gasteiger partial charge < -0.3 is 0 Å². The second-order valence-corrected chi connectivity index (χ2v) is 18.6. The number of allylic oxidation sites excluding steroid dienone is 1. The molecule has 0 radical (unpaired) electrons. The number of rotatable bonds is 4. The Labute approximate surface area is 400 Å². The summed E-state index contributed by atoms with van der Waals surface area (Å²) in [4.78, 5) is 0. The highest BCUT2D eigenvalue weighted by atomic mass is 19.4. The van der Waals surface area contributed by atoms with Gasteiger partial charge in [-0.25, -0.2) is 4.39 Å². The fourth-order valence-corrected chi connectivity index (χ4v) is 12.2. The summed E-state index contributed by atoms with van der Waals surface area (Å²) in [6.07, 6.45) is 0.546. The van der Waals surface area contributed by atoms with Crippen molar-refractivity contribution in [2.24, 2.45) is 0 Å². The van der Waals surface area contributed by atoms with Gasteiger partial charge >= 0.3 is 6.18 Å². The van der Waals surface area contributed by atoms with Crippen molar-refractivity contribution in [3.05, 3.63) is 228 Å². The molecule has 4 heteroatoms. The molecule has 0 heterocycles. The molecule has 2 aliphatic carbocycles. The van der Waals surface area contributed by atoms with Gasteiger partial charge in [-0.1, -0.05) is 189 Å². The molecule has 2 aliphatic rings. The molecule has 0 saturated carbocycles. The minimum absolute atomic E-state index is 0.275. The minimum Gasteiger partial charge on any atom is -0.207 e. The lowest BCUT2D eigenvalue weighted by Crippen LogP contribution is -2.10. The summed E-state index contributed by atoms with van der Waals surface area (Å²) in [6.45, 7) is 4.97. The van der Waals surface area contributed by atoms with Gasteiger partial charge in [-0.15, -0.1) is 0 Å². The molecular formula is C66H38F4. The number of alkyl halides is 3. The first-order valence-corrected chi connectivity index (χ1v) is 23.6. The van der Waals surface area contributed by atoms with E-state index in [0.29, 0.717) is 6.42 Å². The summed E-state index contributed by atoms with van der Waals surface area (Å²) in [7, 11) is 0. The minimum atomic E-state index is -4.46. The molecule has 330 valence electrons. The van der Waals surface area contributed by atoms with Crippen LogP contribution in [0, 0.1) is 5.82 Å². The second-order valence-electron chi connectivity index (χ2n) is 18.6. The van der Waals surface area contributed by atoms with Gasteiger partial charge in [-0.3, -0.25) is 0 Å². The molecule has 2 bridgehead atoms. The molecule has 0 spiro atoms. The molecule has 0 aromatic heterocycles. The number of hydrogen-bond acceptors (Lipinski definition) is 0. The van der Waals surface area contributed by atoms with Gasteiger partial charge in [-0.2, -0.15) is 13.2 Å². The normalized spacial score (nSPS) is 13.3. The van der Waals surface area contributed by atoms with E-state index >= 15 is 0 Å². The van der Waals surface area contributed by atoms with Gasteiger partial charge in [0.05, 0.1) is 5.56 Å². The van der Waals surface area contributed by atoms with Crippen LogP contribution in [0.2, 0.25) is 0 Å². The van der Waals surface area contributed by atoms with Crippen molar-refractivity contribution in [1.29, 1.82) is 0 Å². The molecule has 0 saturated heterocycles. The van der Waals surface area contributed by atoms with E-state index < -0.39 is 11.7 Å². The van der Waals surface area contributed by atoms with Gasteiger partial charge in [0.15, 0.2) is 0 Å². The molecule has 0 fully saturated rings. The molecule has 14 rings (SSSR count). The monoisotopic (exact) mass is 906 g/mol. The summed E-state index contributed by atoms with van der Waals surface area (Å²) in [5.74, 6) is -0.275. The summed E-state index contributed by atoms with van der Waals surface area (Å²) in [5.41, 5.74) is 16.1. The Kier molecular flexibility index (Phi) is 8.64. The third kappa shape index (κ3) is 5.71. The van der Waals surface area contributed by atoms with Crippen LogP contribution < -0.4 is 5.22 Å². The summed E-state index contributed by atoms with van der Waals surface area (Å²) in [5, 5.41) is 11.9. The van der Waals surface area contributed by atoms with Crippen molar-refractivity contribution in [2.45, 2.75) is 12.6 Å². The van der Waals surface area contributed by atoms with Crippen molar-refractivity contribution >= 4 is 66.5 Å². The van der Waals surface area contributed by atoms with Crippen LogP contribution in [-0.4, -0.2) is 0 Å². The molecule has 0 nitrogen and oxygen atoms in total. The first kappa shape index (κ1) is 40.5. The Hall–Kier alpha value is -8.60. The lowest BCUT2D eigenvalue weighted by molar-refractivity contribution is -0.137. The third-order valence-corrected chi connectivity index (χ3v) is 15.0. The van der Waals surface area contributed by atoms with Crippen LogP contribution in [0.5, 0.6) is 0 Å². The predicted octanol–water partition coefficient (Wildman–Crippen LogP) is 18.3. The average Bonchev–Trinajstić information content (AvgIpc) is 3.73. The molecule has 0 N–H and O–H groups in total. The highest BCUT2D eigenvalue weighted by Gasteiger charge is 2.34. The van der Waals surface area contributed by atoms with E-state index in [2.05, 4.69) is 140 Å². The maximum absolute atomic E-state index is 14.7. The predicted molar refractivity (Wildman–Crippen MR) is 284 cm³/mol. The standard InChI is InChI=1S/C66H38F4/c1-37-44-31-32-50-52-34-36-54-63-55(65-60(41-25-29-43(67)30-26-41)49-20-11-10-19-48(49)59(64(54)65)39-15-6-3-7-16-39)35-33-51(62(52)63)45(56(37)50)21-12-22-53-57(40-23-27-42(28-24-40)66(68,69)70)46-17-8-9-18-47(46)58(61(44)53)38-13-4-2-5-14-38/h2-21,23-36H,1,22H2/b21-12-. The molecule has 12 aromatic rings. The van der Waals surface area contributed by atoms with Crippen LogP contribution in [0.4, 0.5) is 17.6 Å². The highest BCUT2D eigenvalue weighted by Crippen LogP contribution is 2.60. The van der Waals surface area contributed by atoms with Crippen LogP contribution in [0.1, 0.15) is 16.7 Å². The Morgan fingerprint density at radius 3 is 1.36 bits per heavy atom. The van der Waals surface area contributed by atoms with Gasteiger partial charge in [0.1, 0.15) is 5.82 Å². The van der Waals surface area contributed by atoms with E-state index in [9.17, 15) is 17.6 Å². The van der Waals surface area contributed by atoms with Gasteiger partial charge in [-0.05, 0) is 179 Å². The molecule has 0 amide bonds. The molecular weight excluding hydrogens is 869 g/mol. The van der Waals surface area contributed by atoms with E-state index in [4.69, 9.17) is 6.58 Å². The van der Waals surface area contributed by atoms with Gasteiger partial charge in [0.25, 0.3) is 0 Å². The molecule has 12 aromatic carbocycles. The number of halogens is 4. The van der Waals surface area contributed by atoms with E-state index in [1.165, 1.54) is 34.0 Å². The van der Waals surface area contributed by atoms with Crippen LogP contribution in [0.3, 0.4) is 0 Å². The fraction of sp³-hybridized carbons (Fsp3) is 0.0303. The largest absolute Gasteiger partial charge is 0.416 e. The lowest BCUT2D eigenvalue weighted by atomic mass is 9.79. The van der Waals surface area contributed by atoms with E-state index in [1.807, 2.05) is 30.3 Å². The Morgan fingerprint density at radius 2 is 0.800 bits per heavy atom. The zero-order valence-corrected chi connectivity index (χ0v) is 37.6. The fourth-order valence-electron chi connectivity index (χ4n) is 12.2. The van der Waals surface area contributed by atoms with Crippen LogP contribution in [0.25, 0.3) is 144 Å². The first-order valence-electron chi connectivity index (χ1n) is 23.6. The summed E-state index contributed by atoms with van der Waals surface area (Å²) < 4.78 is 56.7. The Morgan fingerprint density at radius 1 is 0.357 bits per heavy atom. The number of benzene rings is 12. The number of hydrogen-bond donors (Lipinski definition) is 0. The van der Waals surface area contributed by atoms with Crippen molar-refractivity contribution in [1.82, 2.24) is 0 Å². The quantitative estimate of drug-likeness (QED) is 0.0938. The highest BCUT2D eigenvalue weighted by molar-refractivity contribution is 6.36. The molecule has 0 unspecified atom stereocenters. The summed E-state index contributed by atoms with van der Waals surface area (Å²) in [6, 6.07) is 64.1. The van der Waals surface area contributed by atoms with Crippen molar-refractivity contribution in [3.8, 4) is 77.9 Å².